The number of aryl methyl sites for hydroxylation is 3. The first-order valence-electron chi connectivity index (χ1n) is 24.7. The molecule has 0 bridgehead atoms. The fourth-order valence-corrected chi connectivity index (χ4v) is 13.1. The monoisotopic (exact) mass is 1230 g/mol. The smallest absolute Gasteiger partial charge is 0.280 e. The van der Waals surface area contributed by atoms with E-state index in [1.807, 2.05) is 93.6 Å². The number of halogens is 6. The van der Waals surface area contributed by atoms with E-state index in [1.54, 1.807) is 0 Å². The molecule has 6 atom stereocenters. The normalized spacial score (nSPS) is 22.4. The number of nitrogens with zero attached hydrogens (tertiary/aromatic N) is 3. The average molecular weight is 1240 g/mol. The van der Waals surface area contributed by atoms with Crippen molar-refractivity contribution in [1.82, 2.24) is 27.1 Å². The highest BCUT2D eigenvalue weighted by atomic mass is 35.5. The number of hydrogen-bond donors (Lipinski definition) is 6. The standard InChI is InChI=1S/3C18H19ClFN3O3S/c3*1-11-3-5-12(6-4-11)16-10-17(23(2)27(25,26)22-16)18(24)21-13-7-8-15(20)14(19)9-13/h3*3-9,16-17,22H,10H2,1-2H3,(H,21,24)/t16-,17?;;/m0../s1. The zero-order valence-corrected chi connectivity index (χ0v) is 48.9. The summed E-state index contributed by atoms with van der Waals surface area (Å²) in [6.45, 7) is 5.81. The summed E-state index contributed by atoms with van der Waals surface area (Å²) in [7, 11) is -7.47. The van der Waals surface area contributed by atoms with Crippen molar-refractivity contribution in [2.75, 3.05) is 37.1 Å². The van der Waals surface area contributed by atoms with Crippen molar-refractivity contribution in [3.8, 4) is 0 Å². The minimum absolute atomic E-state index is 0.128. The van der Waals surface area contributed by atoms with E-state index in [0.29, 0.717) is 17.1 Å². The lowest BCUT2D eigenvalue weighted by atomic mass is 9.98. The zero-order valence-electron chi connectivity index (χ0n) is 44.2. The van der Waals surface area contributed by atoms with Gasteiger partial charge in [0, 0.05) is 56.3 Å². The Bertz CT molecular complexity index is 3280. The van der Waals surface area contributed by atoms with E-state index >= 15 is 0 Å². The van der Waals surface area contributed by atoms with Crippen molar-refractivity contribution in [1.29, 1.82) is 0 Å². The average Bonchev–Trinajstić information content (AvgIpc) is 3.42. The first-order valence-corrected chi connectivity index (χ1v) is 30.2. The van der Waals surface area contributed by atoms with Gasteiger partial charge in [-0.1, -0.05) is 124 Å². The van der Waals surface area contributed by atoms with Gasteiger partial charge in [-0.3, -0.25) is 14.4 Å². The van der Waals surface area contributed by atoms with Crippen LogP contribution in [0.1, 0.15) is 70.8 Å². The molecule has 3 aliphatic rings. The van der Waals surface area contributed by atoms with Crippen molar-refractivity contribution in [2.45, 2.75) is 76.3 Å². The number of nitrogens with one attached hydrogen (secondary N) is 6. The van der Waals surface area contributed by atoms with Crippen LogP contribution in [0.15, 0.2) is 127 Å². The lowest BCUT2D eigenvalue weighted by molar-refractivity contribution is -0.120. The van der Waals surface area contributed by atoms with E-state index in [0.717, 1.165) is 64.5 Å². The molecule has 3 saturated heterocycles. The van der Waals surface area contributed by atoms with Gasteiger partial charge in [0.2, 0.25) is 17.7 Å². The lowest BCUT2D eigenvalue weighted by Gasteiger charge is -2.36. The highest BCUT2D eigenvalue weighted by molar-refractivity contribution is 7.87. The second kappa shape index (κ2) is 26.1. The molecule has 5 unspecified atom stereocenters. The van der Waals surface area contributed by atoms with E-state index in [9.17, 15) is 52.8 Å². The van der Waals surface area contributed by atoms with Crippen molar-refractivity contribution in [3.63, 3.8) is 0 Å². The zero-order chi connectivity index (χ0) is 59.3. The summed E-state index contributed by atoms with van der Waals surface area (Å²) in [5.74, 6) is -3.34. The van der Waals surface area contributed by atoms with Gasteiger partial charge in [-0.2, -0.15) is 52.3 Å². The molecule has 0 radical (unpaired) electrons. The molecule has 3 heterocycles. The molecule has 6 aromatic carbocycles. The number of hydrogen-bond acceptors (Lipinski definition) is 9. The fourth-order valence-electron chi connectivity index (χ4n) is 8.77. The van der Waals surface area contributed by atoms with Gasteiger partial charge in [0.1, 0.15) is 35.6 Å². The predicted octanol–water partition coefficient (Wildman–Crippen LogP) is 9.02. The summed E-state index contributed by atoms with van der Waals surface area (Å²) in [5, 5.41) is 7.43. The third kappa shape index (κ3) is 15.8. The second-order valence-corrected chi connectivity index (χ2v) is 25.9. The maximum absolute atomic E-state index is 13.3. The Kier molecular flexibility index (Phi) is 20.1. The fraction of sp³-hybridized carbons (Fsp3) is 0.278. The maximum atomic E-state index is 13.3. The van der Waals surface area contributed by atoms with Crippen LogP contribution in [0.2, 0.25) is 15.1 Å². The number of anilines is 3. The van der Waals surface area contributed by atoms with Gasteiger partial charge in [0.15, 0.2) is 0 Å². The molecule has 81 heavy (non-hydrogen) atoms. The summed E-state index contributed by atoms with van der Waals surface area (Å²) < 4.78 is 125. The number of carbonyl (C=O) groups excluding carboxylic acids is 3. The third-order valence-electron chi connectivity index (χ3n) is 13.6. The van der Waals surface area contributed by atoms with Gasteiger partial charge in [0.25, 0.3) is 30.6 Å². The molecule has 0 saturated carbocycles. The Morgan fingerprint density at radius 1 is 0.420 bits per heavy atom. The van der Waals surface area contributed by atoms with Gasteiger partial charge in [-0.25, -0.2) is 13.2 Å². The quantitative estimate of drug-likeness (QED) is 0.0809. The van der Waals surface area contributed by atoms with Gasteiger partial charge in [-0.15, -0.1) is 0 Å². The molecule has 6 aromatic rings. The lowest BCUT2D eigenvalue weighted by Crippen LogP contribution is -2.55. The van der Waals surface area contributed by atoms with Crippen LogP contribution in [0.5, 0.6) is 0 Å². The van der Waals surface area contributed by atoms with Gasteiger partial charge in [0.05, 0.1) is 15.1 Å². The van der Waals surface area contributed by atoms with Crippen molar-refractivity contribution >= 4 is 100 Å². The van der Waals surface area contributed by atoms with Crippen molar-refractivity contribution < 1.29 is 52.8 Å². The first-order chi connectivity index (χ1) is 38.0. The molecule has 0 aliphatic carbocycles. The molecule has 27 heteroatoms. The van der Waals surface area contributed by atoms with Gasteiger partial charge in [-0.05, 0) is 111 Å². The van der Waals surface area contributed by atoms with Crippen molar-refractivity contribution in [3.05, 3.63) is 193 Å². The largest absolute Gasteiger partial charge is 0.325 e. The predicted molar refractivity (Wildman–Crippen MR) is 307 cm³/mol. The minimum Gasteiger partial charge on any atom is -0.325 e. The maximum Gasteiger partial charge on any atom is 0.280 e. The Morgan fingerprint density at radius 2 is 0.642 bits per heavy atom. The molecule has 3 fully saturated rings. The van der Waals surface area contributed by atoms with Gasteiger partial charge >= 0.3 is 0 Å². The molecular formula is C54H57Cl3F3N9O9S3. The Morgan fingerprint density at radius 3 is 0.852 bits per heavy atom. The third-order valence-corrected chi connectivity index (χ3v) is 19.3. The Labute approximate surface area is 483 Å². The molecule has 432 valence electrons. The van der Waals surface area contributed by atoms with Crippen LogP contribution in [0.4, 0.5) is 30.2 Å². The Hall–Kier alpha value is -6.00. The Balaban J connectivity index is 0.000000175. The number of carbonyl (C=O) groups is 3. The topological polar surface area (TPSA) is 236 Å². The van der Waals surface area contributed by atoms with Crippen LogP contribution in [0.25, 0.3) is 0 Å². The van der Waals surface area contributed by atoms with Crippen LogP contribution in [0, 0.1) is 38.2 Å². The first kappa shape index (κ1) is 62.6. The number of likely N-dealkylation sites (N-methyl/N-ethyl adjacent to an activating group) is 3. The van der Waals surface area contributed by atoms with E-state index in [4.69, 9.17) is 34.8 Å². The summed E-state index contributed by atoms with van der Waals surface area (Å²) in [6, 6.07) is 29.3. The number of amides is 3. The van der Waals surface area contributed by atoms with Crippen molar-refractivity contribution in [2.24, 2.45) is 0 Å². The minimum atomic E-state index is -3.83. The SMILES string of the molecule is Cc1ccc(C2CC(C(=O)Nc3ccc(F)c(Cl)c3)N(C)S(=O)(=O)N2)cc1.Cc1ccc(C2CC(C(=O)Nc3ccc(F)c(Cl)c3)N(C)S(=O)(=O)N2)cc1.Cc1ccc([C@@H]2CC(C(=O)Nc3ccc(F)c(Cl)c3)N(C)S(=O)(=O)N2)cc1. The number of rotatable bonds is 9. The van der Waals surface area contributed by atoms with E-state index < -0.39 is 102 Å². The van der Waals surface area contributed by atoms with E-state index in [1.165, 1.54) is 57.5 Å². The van der Waals surface area contributed by atoms with E-state index in [2.05, 4.69) is 30.1 Å². The molecule has 0 spiro atoms. The molecule has 18 nitrogen and oxygen atoms in total. The molecular weight excluding hydrogens is 1180 g/mol. The second-order valence-electron chi connectivity index (χ2n) is 19.4. The summed E-state index contributed by atoms with van der Waals surface area (Å²) >= 11 is 17.2. The summed E-state index contributed by atoms with van der Waals surface area (Å²) in [6.07, 6.45) is 0.749. The molecule has 3 amide bonds. The molecule has 6 N–H and O–H groups in total. The summed E-state index contributed by atoms with van der Waals surface area (Å²) in [4.78, 5) is 38.1. The van der Waals surface area contributed by atoms with Crippen LogP contribution >= 0.6 is 34.8 Å². The summed E-state index contributed by atoms with van der Waals surface area (Å²) in [5.41, 5.74) is 6.37. The highest BCUT2D eigenvalue weighted by Gasteiger charge is 2.43. The molecule has 0 aromatic heterocycles. The van der Waals surface area contributed by atoms with Crippen LogP contribution in [-0.4, -0.2) is 95.2 Å². The van der Waals surface area contributed by atoms with E-state index in [-0.39, 0.29) is 34.3 Å². The van der Waals surface area contributed by atoms with Crippen LogP contribution < -0.4 is 30.1 Å². The van der Waals surface area contributed by atoms with Crippen LogP contribution in [-0.2, 0) is 45.0 Å². The van der Waals surface area contributed by atoms with Crippen LogP contribution in [0.3, 0.4) is 0 Å². The molecule has 3 aliphatic heterocycles. The highest BCUT2D eigenvalue weighted by Crippen LogP contribution is 2.33. The van der Waals surface area contributed by atoms with Gasteiger partial charge < -0.3 is 16.0 Å². The molecule has 9 rings (SSSR count). The number of benzene rings is 6.